The van der Waals surface area contributed by atoms with Crippen molar-refractivity contribution in [3.63, 3.8) is 0 Å². The largest absolute Gasteiger partial charge is 0.389 e. The lowest BCUT2D eigenvalue weighted by atomic mass is 10.1. The first-order chi connectivity index (χ1) is 15.5. The molecule has 170 valence electrons. The Kier molecular flexibility index (Phi) is 5.80. The number of benzene rings is 1. The third-order valence-corrected chi connectivity index (χ3v) is 6.15. The second kappa shape index (κ2) is 8.74. The topological polar surface area (TPSA) is 91.6 Å². The summed E-state index contributed by atoms with van der Waals surface area (Å²) < 4.78 is 31.4. The first-order valence-corrected chi connectivity index (χ1v) is 10.7. The number of nitrogens with zero attached hydrogens (tertiary/aromatic N) is 6. The Hall–Kier alpha value is -2.60. The maximum absolute atomic E-state index is 12.7. The second-order valence-electron chi connectivity index (χ2n) is 7.86. The number of hydrogen-bond donors (Lipinski definition) is 2. The summed E-state index contributed by atoms with van der Waals surface area (Å²) in [4.78, 5) is 13.2. The van der Waals surface area contributed by atoms with Crippen LogP contribution in [0.3, 0.4) is 0 Å². The van der Waals surface area contributed by atoms with Crippen molar-refractivity contribution in [1.82, 2.24) is 24.6 Å². The Balaban J connectivity index is 1.33. The number of anilines is 3. The highest BCUT2D eigenvalue weighted by Crippen LogP contribution is 2.32. The SMILES string of the molecule is OC1COCC1N1CCN(c2cc3nc(Nc4cnn(C(F)F)c4)ncc3cc2Cl)CC1. The molecule has 0 amide bonds. The van der Waals surface area contributed by atoms with Crippen LogP contribution < -0.4 is 10.2 Å². The molecule has 0 aliphatic carbocycles. The molecule has 4 heterocycles. The number of aliphatic hydroxyl groups excluding tert-OH is 1. The number of fused-ring (bicyclic) bond motifs is 1. The van der Waals surface area contributed by atoms with E-state index < -0.39 is 12.7 Å². The van der Waals surface area contributed by atoms with Crippen LogP contribution in [0.2, 0.25) is 5.02 Å². The molecule has 0 saturated carbocycles. The number of aliphatic hydroxyl groups is 1. The van der Waals surface area contributed by atoms with Crippen molar-refractivity contribution in [2.45, 2.75) is 18.7 Å². The molecule has 2 aliphatic heterocycles. The summed E-state index contributed by atoms with van der Waals surface area (Å²) in [5.41, 5.74) is 1.93. The fraction of sp³-hybridized carbons (Fsp3) is 0.450. The van der Waals surface area contributed by atoms with Crippen LogP contribution in [0.1, 0.15) is 6.55 Å². The van der Waals surface area contributed by atoms with Gasteiger partial charge < -0.3 is 20.1 Å². The van der Waals surface area contributed by atoms with Crippen LogP contribution in [0.15, 0.2) is 30.7 Å². The van der Waals surface area contributed by atoms with Crippen LogP contribution in [-0.2, 0) is 4.74 Å². The fourth-order valence-electron chi connectivity index (χ4n) is 4.16. The number of hydrogen-bond acceptors (Lipinski definition) is 8. The minimum Gasteiger partial charge on any atom is -0.389 e. The maximum Gasteiger partial charge on any atom is 0.333 e. The monoisotopic (exact) mass is 465 g/mol. The van der Waals surface area contributed by atoms with Gasteiger partial charge in [0.15, 0.2) is 0 Å². The predicted molar refractivity (Wildman–Crippen MR) is 116 cm³/mol. The van der Waals surface area contributed by atoms with Gasteiger partial charge in [0.2, 0.25) is 5.95 Å². The van der Waals surface area contributed by atoms with E-state index in [1.165, 1.54) is 12.4 Å². The number of ether oxygens (including phenoxy) is 1. The second-order valence-corrected chi connectivity index (χ2v) is 8.27. The van der Waals surface area contributed by atoms with Crippen LogP contribution in [0.25, 0.3) is 10.9 Å². The summed E-state index contributed by atoms with van der Waals surface area (Å²) in [7, 11) is 0. The van der Waals surface area contributed by atoms with E-state index in [9.17, 15) is 13.9 Å². The number of aromatic nitrogens is 4. The molecule has 0 spiro atoms. The van der Waals surface area contributed by atoms with Crippen molar-refractivity contribution in [3.8, 4) is 0 Å². The van der Waals surface area contributed by atoms with Crippen molar-refractivity contribution in [1.29, 1.82) is 0 Å². The maximum atomic E-state index is 12.7. The molecule has 2 aromatic heterocycles. The van der Waals surface area contributed by atoms with Gasteiger partial charge in [-0.05, 0) is 12.1 Å². The molecule has 2 atom stereocenters. The number of rotatable bonds is 5. The zero-order valence-corrected chi connectivity index (χ0v) is 17.8. The fourth-order valence-corrected chi connectivity index (χ4v) is 4.45. The Morgan fingerprint density at radius 2 is 1.97 bits per heavy atom. The molecule has 0 bridgehead atoms. The van der Waals surface area contributed by atoms with E-state index >= 15 is 0 Å². The molecule has 3 aromatic rings. The molecule has 2 aliphatic rings. The van der Waals surface area contributed by atoms with Crippen molar-refractivity contribution >= 4 is 39.8 Å². The zero-order chi connectivity index (χ0) is 22.2. The minimum atomic E-state index is -2.71. The Bertz CT molecular complexity index is 1110. The Labute approximate surface area is 187 Å². The van der Waals surface area contributed by atoms with Crippen LogP contribution in [0, 0.1) is 0 Å². The first-order valence-electron chi connectivity index (χ1n) is 10.3. The van der Waals surface area contributed by atoms with Crippen molar-refractivity contribution in [2.75, 3.05) is 49.6 Å². The number of piperazine rings is 1. The zero-order valence-electron chi connectivity index (χ0n) is 17.0. The predicted octanol–water partition coefficient (Wildman–Crippen LogP) is 2.50. The van der Waals surface area contributed by atoms with Gasteiger partial charge in [0.05, 0.1) is 59.7 Å². The molecule has 2 N–H and O–H groups in total. The molecule has 0 radical (unpaired) electrons. The van der Waals surface area contributed by atoms with Gasteiger partial charge in [0.25, 0.3) is 0 Å². The normalized spacial score (nSPS) is 22.2. The van der Waals surface area contributed by atoms with E-state index in [-0.39, 0.29) is 12.0 Å². The molecule has 2 fully saturated rings. The number of nitrogens with one attached hydrogen (secondary N) is 1. The van der Waals surface area contributed by atoms with Gasteiger partial charge in [-0.2, -0.15) is 13.9 Å². The van der Waals surface area contributed by atoms with Crippen molar-refractivity contribution in [2.24, 2.45) is 0 Å². The highest BCUT2D eigenvalue weighted by Gasteiger charge is 2.33. The van der Waals surface area contributed by atoms with Crippen molar-refractivity contribution < 1.29 is 18.6 Å². The van der Waals surface area contributed by atoms with Gasteiger partial charge >= 0.3 is 6.55 Å². The van der Waals surface area contributed by atoms with Crippen LogP contribution >= 0.6 is 11.6 Å². The highest BCUT2D eigenvalue weighted by atomic mass is 35.5. The molecule has 32 heavy (non-hydrogen) atoms. The Morgan fingerprint density at radius 3 is 2.66 bits per heavy atom. The lowest BCUT2D eigenvalue weighted by Crippen LogP contribution is -2.53. The van der Waals surface area contributed by atoms with Gasteiger partial charge in [-0.25, -0.2) is 14.6 Å². The summed E-state index contributed by atoms with van der Waals surface area (Å²) in [6, 6.07) is 3.78. The van der Waals surface area contributed by atoms with Gasteiger partial charge in [0, 0.05) is 37.8 Å². The average molecular weight is 466 g/mol. The van der Waals surface area contributed by atoms with E-state index in [4.69, 9.17) is 16.3 Å². The minimum absolute atomic E-state index is 0.0417. The van der Waals surface area contributed by atoms with E-state index in [1.807, 2.05) is 12.1 Å². The van der Waals surface area contributed by atoms with Gasteiger partial charge in [0.1, 0.15) is 0 Å². The summed E-state index contributed by atoms with van der Waals surface area (Å²) >= 11 is 6.56. The van der Waals surface area contributed by atoms with E-state index in [0.29, 0.717) is 34.1 Å². The van der Waals surface area contributed by atoms with E-state index in [2.05, 4.69) is 30.2 Å². The van der Waals surface area contributed by atoms with Crippen molar-refractivity contribution in [3.05, 3.63) is 35.7 Å². The number of halogens is 3. The summed E-state index contributed by atoms with van der Waals surface area (Å²) in [6.07, 6.45) is 3.68. The third-order valence-electron chi connectivity index (χ3n) is 5.85. The van der Waals surface area contributed by atoms with Gasteiger partial charge in [-0.1, -0.05) is 11.6 Å². The lowest BCUT2D eigenvalue weighted by Gasteiger charge is -2.39. The molecule has 2 saturated heterocycles. The quantitative estimate of drug-likeness (QED) is 0.594. The lowest BCUT2D eigenvalue weighted by molar-refractivity contribution is 0.0566. The Morgan fingerprint density at radius 1 is 1.16 bits per heavy atom. The van der Waals surface area contributed by atoms with Crippen LogP contribution in [-0.4, -0.2) is 81.3 Å². The first kappa shape index (κ1) is 21.3. The average Bonchev–Trinajstić information content (AvgIpc) is 3.43. The summed E-state index contributed by atoms with van der Waals surface area (Å²) in [5.74, 6) is 0.277. The highest BCUT2D eigenvalue weighted by molar-refractivity contribution is 6.34. The summed E-state index contributed by atoms with van der Waals surface area (Å²) in [6.45, 7) is 1.35. The molecular formula is C20H22ClF2N7O2. The van der Waals surface area contributed by atoms with Crippen LogP contribution in [0.5, 0.6) is 0 Å². The van der Waals surface area contributed by atoms with Crippen LogP contribution in [0.4, 0.5) is 26.1 Å². The molecule has 5 rings (SSSR count). The molecular weight excluding hydrogens is 444 g/mol. The number of alkyl halides is 2. The van der Waals surface area contributed by atoms with Gasteiger partial charge in [-0.3, -0.25) is 4.90 Å². The standard InChI is InChI=1S/C20H22ClF2N7O2/c21-14-5-12-7-24-20(26-13-8-25-30(9-13)19(22)23)27-15(12)6-16(14)28-1-3-29(4-2-28)17-10-32-11-18(17)31/h5-9,17-19,31H,1-4,10-11H2,(H,24,26,27). The molecule has 9 nitrogen and oxygen atoms in total. The third kappa shape index (κ3) is 4.20. The molecule has 12 heteroatoms. The van der Waals surface area contributed by atoms with E-state index in [0.717, 1.165) is 37.3 Å². The molecule has 2 unspecified atom stereocenters. The molecule has 1 aromatic carbocycles. The van der Waals surface area contributed by atoms with E-state index in [1.54, 1.807) is 6.20 Å². The van der Waals surface area contributed by atoms with Gasteiger partial charge in [-0.15, -0.1) is 0 Å². The summed E-state index contributed by atoms with van der Waals surface area (Å²) in [5, 5.41) is 18.0. The smallest absolute Gasteiger partial charge is 0.333 e.